The Kier molecular flexibility index (Phi) is 2.36. The van der Waals surface area contributed by atoms with E-state index in [1.54, 1.807) is 0 Å². The van der Waals surface area contributed by atoms with E-state index in [1.165, 1.54) is 22.3 Å². The van der Waals surface area contributed by atoms with Crippen molar-refractivity contribution in [2.24, 2.45) is 0 Å². The van der Waals surface area contributed by atoms with Crippen molar-refractivity contribution < 1.29 is 0 Å². The molecule has 0 bridgehead atoms. The van der Waals surface area contributed by atoms with Gasteiger partial charge in [0, 0.05) is 0 Å². The molecule has 0 N–H and O–H groups in total. The van der Waals surface area contributed by atoms with Gasteiger partial charge in [0.2, 0.25) is 0 Å². The van der Waals surface area contributed by atoms with Crippen molar-refractivity contribution in [1.29, 1.82) is 0 Å². The molecule has 2 rings (SSSR count). The summed E-state index contributed by atoms with van der Waals surface area (Å²) < 4.78 is 0. The molecule has 0 aliphatic carbocycles. The zero-order chi connectivity index (χ0) is 9.97. The predicted octanol–water partition coefficient (Wildman–Crippen LogP) is 3.77. The van der Waals surface area contributed by atoms with E-state index in [9.17, 15) is 0 Å². The van der Waals surface area contributed by atoms with E-state index in [0.717, 1.165) is 0 Å². The molecule has 0 amide bonds. The van der Waals surface area contributed by atoms with Gasteiger partial charge in [-0.15, -0.1) is 0 Å². The summed E-state index contributed by atoms with van der Waals surface area (Å²) in [6.45, 7) is 4.21. The Balaban J connectivity index is 2.55. The first-order chi connectivity index (χ1) is 6.77. The molecule has 0 fully saturated rings. The summed E-state index contributed by atoms with van der Waals surface area (Å²) in [6, 6.07) is 17.9. The van der Waals surface area contributed by atoms with E-state index in [1.807, 2.05) is 12.1 Å². The highest BCUT2D eigenvalue weighted by Gasteiger charge is 1.99. The average Bonchev–Trinajstić information content (AvgIpc) is 2.18. The summed E-state index contributed by atoms with van der Waals surface area (Å²) in [5.41, 5.74) is 5.06. The molecule has 0 spiro atoms. The molecule has 69 valence electrons. The molecular weight excluding hydrogens is 168 g/mol. The number of hydrogen-bond acceptors (Lipinski definition) is 0. The van der Waals surface area contributed by atoms with Crippen LogP contribution in [0.3, 0.4) is 0 Å². The first-order valence-electron chi connectivity index (χ1n) is 4.82. The summed E-state index contributed by atoms with van der Waals surface area (Å²) in [4.78, 5) is 0. The molecular formula is C14H13. The first-order valence-corrected chi connectivity index (χ1v) is 4.82. The van der Waals surface area contributed by atoms with Gasteiger partial charge in [-0.05, 0) is 36.6 Å². The van der Waals surface area contributed by atoms with Gasteiger partial charge in [-0.25, -0.2) is 0 Å². The lowest BCUT2D eigenvalue weighted by Gasteiger charge is -2.05. The Hall–Kier alpha value is -1.56. The maximum Gasteiger partial charge on any atom is -0.0146 e. The van der Waals surface area contributed by atoms with Crippen molar-refractivity contribution in [3.8, 4) is 11.1 Å². The van der Waals surface area contributed by atoms with E-state index < -0.39 is 0 Å². The Morgan fingerprint density at radius 2 is 1.86 bits per heavy atom. The van der Waals surface area contributed by atoms with Crippen LogP contribution in [0.2, 0.25) is 0 Å². The molecule has 2 aromatic carbocycles. The van der Waals surface area contributed by atoms with Crippen LogP contribution >= 0.6 is 0 Å². The lowest BCUT2D eigenvalue weighted by molar-refractivity contribution is 1.42. The van der Waals surface area contributed by atoms with Crippen LogP contribution in [0.4, 0.5) is 0 Å². The van der Waals surface area contributed by atoms with Crippen LogP contribution in [0, 0.1) is 19.9 Å². The SMILES string of the molecule is Cc1cccc(-c2ccc[c]c2C)c1. The van der Waals surface area contributed by atoms with Crippen LogP contribution in [-0.2, 0) is 0 Å². The summed E-state index contributed by atoms with van der Waals surface area (Å²) >= 11 is 0. The molecule has 14 heavy (non-hydrogen) atoms. The zero-order valence-electron chi connectivity index (χ0n) is 8.54. The number of benzene rings is 2. The van der Waals surface area contributed by atoms with Gasteiger partial charge >= 0.3 is 0 Å². The van der Waals surface area contributed by atoms with Gasteiger partial charge in [0.25, 0.3) is 0 Å². The van der Waals surface area contributed by atoms with Crippen molar-refractivity contribution in [3.05, 3.63) is 59.7 Å². The second kappa shape index (κ2) is 3.67. The van der Waals surface area contributed by atoms with Gasteiger partial charge in [-0.2, -0.15) is 0 Å². The second-order valence-electron chi connectivity index (χ2n) is 3.58. The van der Waals surface area contributed by atoms with Gasteiger partial charge < -0.3 is 0 Å². The van der Waals surface area contributed by atoms with E-state index >= 15 is 0 Å². The highest BCUT2D eigenvalue weighted by Crippen LogP contribution is 2.23. The number of aryl methyl sites for hydroxylation is 2. The maximum atomic E-state index is 3.22. The van der Waals surface area contributed by atoms with Crippen LogP contribution in [0.15, 0.2) is 42.5 Å². The minimum Gasteiger partial charge on any atom is -0.0614 e. The Labute approximate surface area is 85.2 Å². The molecule has 0 saturated heterocycles. The van der Waals surface area contributed by atoms with Gasteiger partial charge in [-0.3, -0.25) is 0 Å². The molecule has 0 heteroatoms. The van der Waals surface area contributed by atoms with Crippen molar-refractivity contribution in [1.82, 2.24) is 0 Å². The number of rotatable bonds is 1. The highest BCUT2D eigenvalue weighted by atomic mass is 14.0. The number of hydrogen-bond donors (Lipinski definition) is 0. The third-order valence-corrected chi connectivity index (χ3v) is 2.39. The van der Waals surface area contributed by atoms with Crippen molar-refractivity contribution in [3.63, 3.8) is 0 Å². The lowest BCUT2D eigenvalue weighted by atomic mass is 9.99. The summed E-state index contributed by atoms with van der Waals surface area (Å²) in [5.74, 6) is 0. The maximum absolute atomic E-state index is 3.22. The summed E-state index contributed by atoms with van der Waals surface area (Å²) in [7, 11) is 0. The fourth-order valence-corrected chi connectivity index (χ4v) is 1.65. The van der Waals surface area contributed by atoms with Crippen molar-refractivity contribution in [2.45, 2.75) is 13.8 Å². The largest absolute Gasteiger partial charge is 0.0614 e. The first kappa shape index (κ1) is 9.01. The molecule has 1 radical (unpaired) electrons. The monoisotopic (exact) mass is 181 g/mol. The molecule has 0 aliphatic heterocycles. The van der Waals surface area contributed by atoms with Crippen LogP contribution in [0.1, 0.15) is 11.1 Å². The van der Waals surface area contributed by atoms with Crippen LogP contribution in [0.25, 0.3) is 11.1 Å². The Bertz CT molecular complexity index is 441. The van der Waals surface area contributed by atoms with Gasteiger partial charge in [-0.1, -0.05) is 48.0 Å². The lowest BCUT2D eigenvalue weighted by Crippen LogP contribution is -1.83. The molecule has 0 aliphatic rings. The fourth-order valence-electron chi connectivity index (χ4n) is 1.65. The quantitative estimate of drug-likeness (QED) is 0.628. The zero-order valence-corrected chi connectivity index (χ0v) is 8.54. The van der Waals surface area contributed by atoms with E-state index in [0.29, 0.717) is 0 Å². The minimum atomic E-state index is 1.21. The summed E-state index contributed by atoms with van der Waals surface area (Å²) in [6.07, 6.45) is 0. The third kappa shape index (κ3) is 1.69. The third-order valence-electron chi connectivity index (χ3n) is 2.39. The molecule has 0 saturated carbocycles. The van der Waals surface area contributed by atoms with Crippen molar-refractivity contribution in [2.75, 3.05) is 0 Å². The second-order valence-corrected chi connectivity index (χ2v) is 3.58. The van der Waals surface area contributed by atoms with Gasteiger partial charge in [0.05, 0.1) is 0 Å². The van der Waals surface area contributed by atoms with Gasteiger partial charge in [0.15, 0.2) is 0 Å². The van der Waals surface area contributed by atoms with Crippen LogP contribution < -0.4 is 0 Å². The predicted molar refractivity (Wildman–Crippen MR) is 60.2 cm³/mol. The smallest absolute Gasteiger partial charge is 0.0146 e. The standard InChI is InChI=1S/C14H13/c1-11-6-5-8-13(10-11)14-9-4-3-7-12(14)2/h3-6,8-10H,1-2H3. The average molecular weight is 181 g/mol. The van der Waals surface area contributed by atoms with E-state index in [4.69, 9.17) is 0 Å². The van der Waals surface area contributed by atoms with E-state index in [-0.39, 0.29) is 0 Å². The normalized spacial score (nSPS) is 10.1. The van der Waals surface area contributed by atoms with Crippen LogP contribution in [-0.4, -0.2) is 0 Å². The molecule has 0 atom stereocenters. The molecule has 0 heterocycles. The van der Waals surface area contributed by atoms with Gasteiger partial charge in [0.1, 0.15) is 0 Å². The van der Waals surface area contributed by atoms with E-state index in [2.05, 4.69) is 50.2 Å². The molecule has 0 nitrogen and oxygen atoms in total. The van der Waals surface area contributed by atoms with Crippen LogP contribution in [0.5, 0.6) is 0 Å². The molecule has 2 aromatic rings. The fraction of sp³-hybridized carbons (Fsp3) is 0.143. The molecule has 0 aromatic heterocycles. The Morgan fingerprint density at radius 1 is 1.00 bits per heavy atom. The highest BCUT2D eigenvalue weighted by molar-refractivity contribution is 5.67. The minimum absolute atomic E-state index is 1.21. The molecule has 0 unspecified atom stereocenters. The topological polar surface area (TPSA) is 0 Å². The van der Waals surface area contributed by atoms with Crippen molar-refractivity contribution >= 4 is 0 Å². The summed E-state index contributed by atoms with van der Waals surface area (Å²) in [5, 5.41) is 0. The Morgan fingerprint density at radius 3 is 2.57 bits per heavy atom.